The van der Waals surface area contributed by atoms with Gasteiger partial charge in [0.05, 0.1) is 20.7 Å². The van der Waals surface area contributed by atoms with Crippen LogP contribution in [0.2, 0.25) is 0 Å². The van der Waals surface area contributed by atoms with E-state index in [0.29, 0.717) is 4.72 Å². The summed E-state index contributed by atoms with van der Waals surface area (Å²) >= 11 is 0. The first kappa shape index (κ1) is 40.1. The molecule has 0 aromatic heterocycles. The second-order valence-corrected chi connectivity index (χ2v) is 10.8. The minimum Gasteiger partial charge on any atom is -0.477 e. The Morgan fingerprint density at radius 2 is 1.07 bits per heavy atom. The van der Waals surface area contributed by atoms with Crippen LogP contribution in [0.1, 0.15) is 6.42 Å². The van der Waals surface area contributed by atoms with Gasteiger partial charge in [-0.3, -0.25) is 0 Å². The summed E-state index contributed by atoms with van der Waals surface area (Å²) in [6.07, 6.45) is -8.68. The van der Waals surface area contributed by atoms with Crippen LogP contribution in [0.25, 0.3) is 0 Å². The number of carboxylic acids is 1. The van der Waals surface area contributed by atoms with E-state index in [1.165, 1.54) is 14.1 Å². The fourth-order valence-electron chi connectivity index (χ4n) is 2.65. The highest BCUT2D eigenvalue weighted by atomic mass is 32.2. The van der Waals surface area contributed by atoms with Gasteiger partial charge >= 0.3 is 52.9 Å². The summed E-state index contributed by atoms with van der Waals surface area (Å²) in [6, 6.07) is 0. The van der Waals surface area contributed by atoms with Crippen molar-refractivity contribution in [3.05, 3.63) is 0 Å². The Kier molecular flexibility index (Phi) is 11.4. The number of halogens is 17. The lowest BCUT2D eigenvalue weighted by atomic mass is 9.91. The van der Waals surface area contributed by atoms with Gasteiger partial charge in [0.1, 0.15) is 6.54 Å². The van der Waals surface area contributed by atoms with E-state index in [4.69, 9.17) is 9.84 Å². The van der Waals surface area contributed by atoms with Crippen molar-refractivity contribution in [2.24, 2.45) is 0 Å². The molecular weight excluding hydrogens is 667 g/mol. The van der Waals surface area contributed by atoms with Crippen molar-refractivity contribution in [1.29, 1.82) is 0 Å². The zero-order valence-electron chi connectivity index (χ0n) is 20.6. The van der Waals surface area contributed by atoms with Gasteiger partial charge in [0.2, 0.25) is 0 Å². The number of aliphatic carboxylic acids is 1. The summed E-state index contributed by atoms with van der Waals surface area (Å²) in [4.78, 5) is 10.7. The quantitative estimate of drug-likeness (QED) is 0.134. The first-order chi connectivity index (χ1) is 18.1. The number of nitrogens with zero attached hydrogens (tertiary/aromatic N) is 1. The molecular formula is C17H20F17N2O5S+. The van der Waals surface area contributed by atoms with Crippen LogP contribution in [0, 0.1) is 0 Å². The zero-order chi connectivity index (χ0) is 34.2. The number of carbonyl (C=O) groups is 1. The molecule has 42 heavy (non-hydrogen) atoms. The topological polar surface area (TPSA) is 92.7 Å². The van der Waals surface area contributed by atoms with Crippen molar-refractivity contribution in [2.45, 2.75) is 53.4 Å². The number of carboxylic acid groups (broad SMARTS) is 1. The maximum absolute atomic E-state index is 13.9. The van der Waals surface area contributed by atoms with Gasteiger partial charge in [-0.15, -0.1) is 0 Å². The molecule has 0 amide bonds. The van der Waals surface area contributed by atoms with Gasteiger partial charge in [-0.1, -0.05) is 0 Å². The number of likely N-dealkylation sites (N-methyl/N-ethyl adjacent to an activating group) is 1. The van der Waals surface area contributed by atoms with Crippen LogP contribution in [0.5, 0.6) is 0 Å². The molecule has 0 fully saturated rings. The average Bonchev–Trinajstić information content (AvgIpc) is 2.75. The summed E-state index contributed by atoms with van der Waals surface area (Å²) in [7, 11) is -4.54. The molecule has 0 atom stereocenters. The molecule has 0 aromatic rings. The number of quaternary nitrogens is 1. The Labute approximate surface area is 224 Å². The molecule has 2 N–H and O–H groups in total. The van der Waals surface area contributed by atoms with E-state index in [1.54, 1.807) is 0 Å². The lowest BCUT2D eigenvalue weighted by Crippen LogP contribution is -2.75. The van der Waals surface area contributed by atoms with E-state index in [9.17, 15) is 87.8 Å². The fourth-order valence-corrected chi connectivity index (χ4v) is 3.71. The highest BCUT2D eigenvalue weighted by Gasteiger charge is 2.96. The molecule has 0 aromatic carbocycles. The zero-order valence-corrected chi connectivity index (χ0v) is 21.4. The fraction of sp³-hybridized carbons (Fsp3) is 0.941. The maximum atomic E-state index is 13.9. The van der Waals surface area contributed by atoms with Crippen molar-refractivity contribution in [3.8, 4) is 0 Å². The van der Waals surface area contributed by atoms with Gasteiger partial charge in [0, 0.05) is 13.2 Å². The number of hydrogen-bond acceptors (Lipinski definition) is 4. The van der Waals surface area contributed by atoms with Gasteiger partial charge in [-0.2, -0.15) is 74.6 Å². The monoisotopic (exact) mass is 687 g/mol. The van der Waals surface area contributed by atoms with Gasteiger partial charge in [0.15, 0.2) is 6.54 Å². The van der Waals surface area contributed by atoms with Crippen LogP contribution in [0.4, 0.5) is 74.6 Å². The summed E-state index contributed by atoms with van der Waals surface area (Å²) < 4.78 is 253. The highest BCUT2D eigenvalue weighted by Crippen LogP contribution is 2.64. The molecule has 0 bridgehead atoms. The number of ether oxygens (including phenoxy) is 1. The number of rotatable bonds is 17. The first-order valence-electron chi connectivity index (χ1n) is 10.4. The minimum atomic E-state index is -8.89. The molecule has 0 aliphatic carbocycles. The molecule has 0 heterocycles. The van der Waals surface area contributed by atoms with E-state index < -0.39 is 89.1 Å². The lowest BCUT2D eigenvalue weighted by Gasteiger charge is -2.42. The van der Waals surface area contributed by atoms with Gasteiger partial charge in [-0.25, -0.2) is 17.9 Å². The van der Waals surface area contributed by atoms with Crippen LogP contribution in [-0.2, 0) is 19.6 Å². The molecule has 0 unspecified atom stereocenters. The number of sulfonamides is 1. The van der Waals surface area contributed by atoms with E-state index in [-0.39, 0.29) is 17.6 Å². The van der Waals surface area contributed by atoms with Crippen LogP contribution >= 0.6 is 0 Å². The van der Waals surface area contributed by atoms with Crippen LogP contribution in [-0.4, -0.2) is 118 Å². The third-order valence-electron chi connectivity index (χ3n) is 5.19. The Morgan fingerprint density at radius 3 is 1.45 bits per heavy atom. The number of hydrogen-bond donors (Lipinski definition) is 2. The largest absolute Gasteiger partial charge is 0.477 e. The summed E-state index contributed by atoms with van der Waals surface area (Å²) in [5.74, 6) is -53.1. The van der Waals surface area contributed by atoms with Crippen molar-refractivity contribution in [1.82, 2.24) is 4.72 Å². The molecule has 0 radical (unpaired) electrons. The maximum Gasteiger partial charge on any atom is 0.460 e. The predicted molar refractivity (Wildman–Crippen MR) is 103 cm³/mol. The molecule has 0 aliphatic rings. The van der Waals surface area contributed by atoms with Crippen LogP contribution in [0.15, 0.2) is 0 Å². The average molecular weight is 687 g/mol. The minimum absolute atomic E-state index is 0.0236. The van der Waals surface area contributed by atoms with Crippen LogP contribution in [0.3, 0.4) is 0 Å². The number of alkyl halides is 17. The van der Waals surface area contributed by atoms with Crippen molar-refractivity contribution < 1.29 is 102 Å². The molecule has 0 rings (SSSR count). The summed E-state index contributed by atoms with van der Waals surface area (Å²) in [6.45, 7) is -2.81. The Morgan fingerprint density at radius 1 is 0.690 bits per heavy atom. The normalized spacial score (nSPS) is 15.7. The number of nitrogens with one attached hydrogen (secondary N) is 1. The SMILES string of the molecule is C[N+](C)(CCOCCCNS(=O)(=O)C(F)(F)C(F)(F)C(F)(F)C(F)(F)C(F)(F)C(F)(F)C(F)(F)C(F)(F)F)CC(=O)O. The lowest BCUT2D eigenvalue weighted by molar-refractivity contribution is -0.883. The Balaban J connectivity index is 5.90. The van der Waals surface area contributed by atoms with Crippen LogP contribution < -0.4 is 4.72 Å². The van der Waals surface area contributed by atoms with E-state index >= 15 is 0 Å². The first-order valence-corrected chi connectivity index (χ1v) is 11.9. The summed E-state index contributed by atoms with van der Waals surface area (Å²) in [5.41, 5.74) is 0. The molecule has 0 spiro atoms. The van der Waals surface area contributed by atoms with Crippen molar-refractivity contribution >= 4 is 16.0 Å². The smallest absolute Gasteiger partial charge is 0.460 e. The molecule has 25 heteroatoms. The van der Waals surface area contributed by atoms with Gasteiger partial charge < -0.3 is 14.3 Å². The predicted octanol–water partition coefficient (Wildman–Crippen LogP) is 4.44. The molecule has 0 saturated heterocycles. The second kappa shape index (κ2) is 11.9. The van der Waals surface area contributed by atoms with Gasteiger partial charge in [-0.05, 0) is 6.42 Å². The van der Waals surface area contributed by atoms with E-state index in [1.807, 2.05) is 0 Å². The summed E-state index contributed by atoms with van der Waals surface area (Å²) in [5, 5.41) is 1.07. The van der Waals surface area contributed by atoms with Crippen molar-refractivity contribution in [2.75, 3.05) is 46.9 Å². The Bertz CT molecular complexity index is 1060. The van der Waals surface area contributed by atoms with E-state index in [2.05, 4.69) is 0 Å². The molecule has 0 saturated carbocycles. The standard InChI is InChI=1S/C17H19F17N2O5S/c1-36(2,8-9(37)38)5-7-41-6-3-4-35-42(39,40)17(33,34)15(28,29)13(24,25)11(20,21)10(18,19)12(22,23)14(26,27)16(30,31)32/h35H,3-8H2,1-2H3/p+1. The molecule has 0 aliphatic heterocycles. The third kappa shape index (κ3) is 6.92. The Hall–Kier alpha value is -1.89. The molecule has 7 nitrogen and oxygen atoms in total. The third-order valence-corrected chi connectivity index (χ3v) is 6.71. The highest BCUT2D eigenvalue weighted by molar-refractivity contribution is 7.90. The second-order valence-electron chi connectivity index (χ2n) is 9.04. The van der Waals surface area contributed by atoms with E-state index in [0.717, 1.165) is 0 Å². The van der Waals surface area contributed by atoms with Gasteiger partial charge in [0.25, 0.3) is 10.0 Å². The molecule has 252 valence electrons. The van der Waals surface area contributed by atoms with Crippen molar-refractivity contribution in [3.63, 3.8) is 0 Å².